The van der Waals surface area contributed by atoms with Crippen molar-refractivity contribution in [3.8, 4) is 5.75 Å². The molecule has 4 N–H and O–H groups in total. The fourth-order valence-electron chi connectivity index (χ4n) is 4.88. The number of nitrogen functional groups attached to an aromatic ring is 1. The minimum Gasteiger partial charge on any atom is -0.424 e. The number of rotatable bonds is 5. The number of benzene rings is 2. The van der Waals surface area contributed by atoms with Crippen LogP contribution in [0.25, 0.3) is 0 Å². The molecule has 2 aliphatic rings. The smallest absolute Gasteiger partial charge is 0.334 e. The van der Waals surface area contributed by atoms with E-state index in [1.807, 2.05) is 44.2 Å². The van der Waals surface area contributed by atoms with Gasteiger partial charge in [0, 0.05) is 36.4 Å². The maximum absolute atomic E-state index is 13.3. The van der Waals surface area contributed by atoms with Gasteiger partial charge in [-0.05, 0) is 81.3 Å². The van der Waals surface area contributed by atoms with Crippen molar-refractivity contribution in [2.75, 3.05) is 24.5 Å². The van der Waals surface area contributed by atoms with E-state index < -0.39 is 0 Å². The number of hydrogen-bond donors (Lipinski definition) is 3. The molecular formula is C26H33N5O2. The number of hydrogen-bond acceptors (Lipinski definition) is 5. The molecule has 0 bridgehead atoms. The van der Waals surface area contributed by atoms with Gasteiger partial charge in [-0.3, -0.25) is 10.8 Å². The highest BCUT2D eigenvalue weighted by Crippen LogP contribution is 2.30. The Kier molecular flexibility index (Phi) is 6.67. The van der Waals surface area contributed by atoms with Gasteiger partial charge in [-0.1, -0.05) is 12.1 Å². The lowest BCUT2D eigenvalue weighted by atomic mass is 10.00. The zero-order chi connectivity index (χ0) is 23.5. The number of carbonyl (C=O) groups is 1. The molecule has 0 amide bonds. The first-order valence-corrected chi connectivity index (χ1v) is 11.7. The topological polar surface area (TPSA) is 107 Å². The van der Waals surface area contributed by atoms with E-state index in [1.165, 1.54) is 0 Å². The Balaban J connectivity index is 1.54. The van der Waals surface area contributed by atoms with E-state index in [1.54, 1.807) is 6.07 Å². The van der Waals surface area contributed by atoms with Crippen LogP contribution in [-0.4, -0.2) is 48.2 Å². The summed E-state index contributed by atoms with van der Waals surface area (Å²) < 4.78 is 5.97. The third kappa shape index (κ3) is 4.87. The van der Waals surface area contributed by atoms with Crippen LogP contribution >= 0.6 is 0 Å². The zero-order valence-corrected chi connectivity index (χ0v) is 19.5. The van der Waals surface area contributed by atoms with Crippen molar-refractivity contribution in [3.05, 3.63) is 58.7 Å². The van der Waals surface area contributed by atoms with Crippen LogP contribution in [0.2, 0.25) is 0 Å². The monoisotopic (exact) mass is 447 g/mol. The van der Waals surface area contributed by atoms with Crippen LogP contribution in [0.5, 0.6) is 5.75 Å². The summed E-state index contributed by atoms with van der Waals surface area (Å²) in [5.74, 6) is 0.872. The largest absolute Gasteiger partial charge is 0.424 e. The van der Waals surface area contributed by atoms with Gasteiger partial charge in [0.15, 0.2) is 0 Å². The number of ether oxygens (including phenoxy) is 1. The average molecular weight is 448 g/mol. The molecule has 2 aliphatic heterocycles. The highest BCUT2D eigenvalue weighted by Gasteiger charge is 2.31. The number of aryl methyl sites for hydroxylation is 2. The summed E-state index contributed by atoms with van der Waals surface area (Å²) in [6.07, 6.45) is 4.94. The molecule has 0 saturated carbocycles. The Bertz CT molecular complexity index is 1050. The Morgan fingerprint density at radius 2 is 1.64 bits per heavy atom. The van der Waals surface area contributed by atoms with E-state index in [0.717, 1.165) is 74.1 Å². The van der Waals surface area contributed by atoms with Gasteiger partial charge in [-0.15, -0.1) is 0 Å². The van der Waals surface area contributed by atoms with Gasteiger partial charge in [0.2, 0.25) is 0 Å². The molecule has 2 saturated heterocycles. The molecule has 2 aromatic rings. The summed E-state index contributed by atoms with van der Waals surface area (Å²) >= 11 is 0. The zero-order valence-electron chi connectivity index (χ0n) is 19.5. The predicted molar refractivity (Wildman–Crippen MR) is 132 cm³/mol. The molecule has 0 aliphatic carbocycles. The molecule has 4 rings (SSSR count). The van der Waals surface area contributed by atoms with E-state index in [9.17, 15) is 4.79 Å². The molecule has 0 spiro atoms. The Hall–Kier alpha value is -3.35. The van der Waals surface area contributed by atoms with Gasteiger partial charge in [0.1, 0.15) is 23.5 Å². The highest BCUT2D eigenvalue weighted by atomic mass is 16.5. The molecule has 0 unspecified atom stereocenters. The minimum atomic E-state index is -0.387. The molecule has 2 fully saturated rings. The molecule has 2 heterocycles. The molecule has 0 aromatic heterocycles. The van der Waals surface area contributed by atoms with Gasteiger partial charge < -0.3 is 20.3 Å². The number of anilines is 1. The molecule has 33 heavy (non-hydrogen) atoms. The van der Waals surface area contributed by atoms with Gasteiger partial charge in [-0.2, -0.15) is 0 Å². The van der Waals surface area contributed by atoms with Crippen LogP contribution in [0.4, 0.5) is 5.69 Å². The average Bonchev–Trinajstić information content (AvgIpc) is 3.35. The number of nitrogens with zero attached hydrogens (tertiary/aromatic N) is 2. The van der Waals surface area contributed by atoms with Crippen LogP contribution in [0.3, 0.4) is 0 Å². The van der Waals surface area contributed by atoms with Gasteiger partial charge in [-0.25, -0.2) is 4.79 Å². The highest BCUT2D eigenvalue weighted by molar-refractivity contribution is 5.97. The second kappa shape index (κ2) is 9.65. The fourth-order valence-corrected chi connectivity index (χ4v) is 4.88. The van der Waals surface area contributed by atoms with E-state index in [4.69, 9.17) is 21.3 Å². The van der Waals surface area contributed by atoms with Crippen molar-refractivity contribution >= 4 is 23.3 Å². The number of nitrogens with two attached hydrogens (primary N) is 1. The van der Waals surface area contributed by atoms with Crippen LogP contribution in [0.15, 0.2) is 36.4 Å². The quantitative estimate of drug-likeness (QED) is 0.278. The van der Waals surface area contributed by atoms with Crippen molar-refractivity contribution in [2.24, 2.45) is 5.73 Å². The molecule has 1 atom stereocenters. The maximum Gasteiger partial charge on any atom is 0.334 e. The predicted octanol–water partition coefficient (Wildman–Crippen LogP) is 3.97. The van der Waals surface area contributed by atoms with Crippen LogP contribution in [0, 0.1) is 24.7 Å². The molecule has 7 nitrogen and oxygen atoms in total. The van der Waals surface area contributed by atoms with Gasteiger partial charge in [0.05, 0.1) is 0 Å². The standard InChI is InChI=1S/C26H33N5O2/c1-17-14-20(25(29)30-11-5-6-12-30)15-18(2)23(17)33-26(32)22-10-3-4-13-31(22)21-9-7-8-19(16-21)24(27)28/h7-9,14-16,22,29H,3-6,10-13H2,1-2H3,(H3,27,28)/t22-/m1/s1. The van der Waals surface area contributed by atoms with Crippen LogP contribution < -0.4 is 15.4 Å². The number of nitrogens with one attached hydrogen (secondary N) is 2. The fraction of sp³-hybridized carbons (Fsp3) is 0.423. The number of carbonyl (C=O) groups excluding carboxylic acids is 1. The number of esters is 1. The second-order valence-corrected chi connectivity index (χ2v) is 9.07. The lowest BCUT2D eigenvalue weighted by Gasteiger charge is -2.36. The molecule has 174 valence electrons. The molecule has 0 radical (unpaired) electrons. The number of piperidine rings is 1. The molecule has 2 aromatic carbocycles. The first-order valence-electron chi connectivity index (χ1n) is 11.7. The third-order valence-electron chi connectivity index (χ3n) is 6.62. The summed E-state index contributed by atoms with van der Waals surface area (Å²) in [6.45, 7) is 6.48. The Morgan fingerprint density at radius 1 is 0.970 bits per heavy atom. The molecule has 7 heteroatoms. The maximum atomic E-state index is 13.3. The first kappa shape index (κ1) is 22.8. The van der Waals surface area contributed by atoms with E-state index >= 15 is 0 Å². The normalized spacial score (nSPS) is 18.3. The lowest BCUT2D eigenvalue weighted by molar-refractivity contribution is -0.136. The van der Waals surface area contributed by atoms with Crippen molar-refractivity contribution in [2.45, 2.75) is 52.0 Å². The second-order valence-electron chi connectivity index (χ2n) is 9.07. The summed E-state index contributed by atoms with van der Waals surface area (Å²) in [5, 5.41) is 16.3. The van der Waals surface area contributed by atoms with Crippen LogP contribution in [0.1, 0.15) is 54.4 Å². The summed E-state index contributed by atoms with van der Waals surface area (Å²) in [7, 11) is 0. The first-order chi connectivity index (χ1) is 15.8. The lowest BCUT2D eigenvalue weighted by Crippen LogP contribution is -2.46. The minimum absolute atomic E-state index is 0.0128. The van der Waals surface area contributed by atoms with E-state index in [2.05, 4.69) is 9.80 Å². The van der Waals surface area contributed by atoms with Gasteiger partial charge in [0.25, 0.3) is 0 Å². The van der Waals surface area contributed by atoms with Crippen LogP contribution in [-0.2, 0) is 4.79 Å². The molecular weight excluding hydrogens is 414 g/mol. The summed E-state index contributed by atoms with van der Waals surface area (Å²) in [6, 6.07) is 11.0. The van der Waals surface area contributed by atoms with Crippen molar-refractivity contribution < 1.29 is 9.53 Å². The Morgan fingerprint density at radius 3 is 2.30 bits per heavy atom. The summed E-state index contributed by atoms with van der Waals surface area (Å²) in [4.78, 5) is 17.5. The van der Waals surface area contributed by atoms with E-state index in [-0.39, 0.29) is 17.8 Å². The van der Waals surface area contributed by atoms with Crippen molar-refractivity contribution in [1.29, 1.82) is 10.8 Å². The number of amidine groups is 2. The van der Waals surface area contributed by atoms with Crippen molar-refractivity contribution in [3.63, 3.8) is 0 Å². The Labute approximate surface area is 195 Å². The van der Waals surface area contributed by atoms with Crippen molar-refractivity contribution in [1.82, 2.24) is 4.90 Å². The third-order valence-corrected chi connectivity index (χ3v) is 6.62. The number of likely N-dealkylation sites (tertiary alicyclic amines) is 1. The SMILES string of the molecule is Cc1cc(C(=N)N2CCCC2)cc(C)c1OC(=O)[C@H]1CCCCN1c1cccc(C(=N)N)c1. The van der Waals surface area contributed by atoms with Gasteiger partial charge >= 0.3 is 5.97 Å². The van der Waals surface area contributed by atoms with E-state index in [0.29, 0.717) is 17.1 Å². The summed E-state index contributed by atoms with van der Waals surface area (Å²) in [5.41, 5.74) is 9.79.